The smallest absolute Gasteiger partial charge is 0.323 e. The monoisotopic (exact) mass is 239 g/mol. The second kappa shape index (κ2) is 4.97. The van der Waals surface area contributed by atoms with Crippen LogP contribution in [0.4, 0.5) is 0 Å². The molecule has 2 rings (SSSR count). The Hall–Kier alpha value is -0.570. The molecular formula is C14H25NO2. The number of hydrogen-bond acceptors (Lipinski definition) is 3. The van der Waals surface area contributed by atoms with Crippen LogP contribution in [0.2, 0.25) is 0 Å². The van der Waals surface area contributed by atoms with Crippen molar-refractivity contribution < 1.29 is 9.53 Å². The summed E-state index contributed by atoms with van der Waals surface area (Å²) < 4.78 is 5.53. The summed E-state index contributed by atoms with van der Waals surface area (Å²) in [4.78, 5) is 14.6. The van der Waals surface area contributed by atoms with Crippen molar-refractivity contribution in [3.05, 3.63) is 0 Å². The van der Waals surface area contributed by atoms with E-state index in [-0.39, 0.29) is 17.6 Å². The van der Waals surface area contributed by atoms with Gasteiger partial charge in [0.2, 0.25) is 0 Å². The Bertz CT molecular complexity index is 276. The maximum atomic E-state index is 12.2. The molecule has 17 heavy (non-hydrogen) atoms. The van der Waals surface area contributed by atoms with Gasteiger partial charge < -0.3 is 4.74 Å². The molecule has 1 saturated heterocycles. The molecule has 0 N–H and O–H groups in total. The van der Waals surface area contributed by atoms with Crippen LogP contribution < -0.4 is 0 Å². The van der Waals surface area contributed by atoms with Gasteiger partial charge in [-0.3, -0.25) is 9.69 Å². The second-order valence-corrected chi connectivity index (χ2v) is 6.37. The molecule has 0 aromatic carbocycles. The number of hydrogen-bond donors (Lipinski definition) is 0. The van der Waals surface area contributed by atoms with Gasteiger partial charge in [-0.15, -0.1) is 0 Å². The summed E-state index contributed by atoms with van der Waals surface area (Å²) in [6.07, 6.45) is 7.29. The summed E-state index contributed by atoms with van der Waals surface area (Å²) in [6.45, 7) is 6.91. The average Bonchev–Trinajstić information content (AvgIpc) is 2.85. The zero-order valence-electron chi connectivity index (χ0n) is 11.4. The molecule has 0 radical (unpaired) electrons. The van der Waals surface area contributed by atoms with Crippen molar-refractivity contribution in [1.82, 2.24) is 4.90 Å². The first-order chi connectivity index (χ1) is 7.97. The first kappa shape index (κ1) is 12.9. The van der Waals surface area contributed by atoms with Crippen LogP contribution in [0, 0.1) is 0 Å². The third kappa shape index (κ3) is 3.21. The topological polar surface area (TPSA) is 29.5 Å². The van der Waals surface area contributed by atoms with Crippen LogP contribution in [-0.2, 0) is 9.53 Å². The van der Waals surface area contributed by atoms with Crippen LogP contribution in [0.1, 0.15) is 59.3 Å². The molecule has 3 heteroatoms. The van der Waals surface area contributed by atoms with Crippen LogP contribution in [0.5, 0.6) is 0 Å². The number of nitrogens with zero attached hydrogens (tertiary/aromatic N) is 1. The lowest BCUT2D eigenvalue weighted by Crippen LogP contribution is -2.44. The van der Waals surface area contributed by atoms with Crippen LogP contribution in [0.25, 0.3) is 0 Å². The van der Waals surface area contributed by atoms with E-state index in [4.69, 9.17) is 4.74 Å². The lowest BCUT2D eigenvalue weighted by Gasteiger charge is -2.31. The Labute approximate surface area is 105 Å². The maximum Gasteiger partial charge on any atom is 0.323 e. The van der Waals surface area contributed by atoms with Crippen LogP contribution >= 0.6 is 0 Å². The molecule has 0 amide bonds. The molecule has 2 aliphatic rings. The Kier molecular flexibility index (Phi) is 3.76. The van der Waals surface area contributed by atoms with Gasteiger partial charge in [-0.2, -0.15) is 0 Å². The second-order valence-electron chi connectivity index (χ2n) is 6.37. The average molecular weight is 239 g/mol. The highest BCUT2D eigenvalue weighted by Crippen LogP contribution is 2.31. The van der Waals surface area contributed by atoms with Crippen molar-refractivity contribution >= 4 is 5.97 Å². The van der Waals surface area contributed by atoms with E-state index in [1.54, 1.807) is 0 Å². The van der Waals surface area contributed by atoms with Gasteiger partial charge >= 0.3 is 5.97 Å². The van der Waals surface area contributed by atoms with E-state index in [9.17, 15) is 4.79 Å². The Morgan fingerprint density at radius 2 is 1.76 bits per heavy atom. The summed E-state index contributed by atoms with van der Waals surface area (Å²) in [5, 5.41) is 0. The molecule has 98 valence electrons. The van der Waals surface area contributed by atoms with Crippen molar-refractivity contribution in [3.63, 3.8) is 0 Å². The molecule has 1 aliphatic carbocycles. The van der Waals surface area contributed by atoms with Gasteiger partial charge in [0.05, 0.1) is 0 Å². The fraction of sp³-hybridized carbons (Fsp3) is 0.929. The van der Waals surface area contributed by atoms with E-state index >= 15 is 0 Å². The zero-order chi connectivity index (χ0) is 12.5. The summed E-state index contributed by atoms with van der Waals surface area (Å²) in [5.41, 5.74) is -0.360. The Morgan fingerprint density at radius 3 is 2.35 bits per heavy atom. The normalized spacial score (nSPS) is 27.6. The van der Waals surface area contributed by atoms with Crippen molar-refractivity contribution in [2.24, 2.45) is 0 Å². The molecule has 0 spiro atoms. The molecule has 1 heterocycles. The van der Waals surface area contributed by atoms with Gasteiger partial charge in [0.15, 0.2) is 0 Å². The fourth-order valence-corrected chi connectivity index (χ4v) is 3.08. The Balaban J connectivity index is 1.96. The first-order valence-electron chi connectivity index (χ1n) is 6.96. The van der Waals surface area contributed by atoms with Crippen LogP contribution in [0.3, 0.4) is 0 Å². The first-order valence-corrected chi connectivity index (χ1v) is 6.96. The number of likely N-dealkylation sites (tertiary alicyclic amines) is 1. The van der Waals surface area contributed by atoms with Crippen molar-refractivity contribution in [2.45, 2.75) is 77.0 Å². The standard InChI is InChI=1S/C14H25NO2/c1-14(2,3)17-13(16)12-9-6-10-15(12)11-7-4-5-8-11/h11-12H,4-10H2,1-3H3/t12-/m0/s1. The molecule has 1 saturated carbocycles. The molecule has 0 aromatic rings. The summed E-state index contributed by atoms with van der Waals surface area (Å²) >= 11 is 0. The molecule has 2 fully saturated rings. The van der Waals surface area contributed by atoms with Gasteiger partial charge in [-0.05, 0) is 53.0 Å². The third-order valence-corrected chi connectivity index (χ3v) is 3.77. The maximum absolute atomic E-state index is 12.2. The third-order valence-electron chi connectivity index (χ3n) is 3.77. The summed E-state index contributed by atoms with van der Waals surface area (Å²) in [7, 11) is 0. The molecular weight excluding hydrogens is 214 g/mol. The van der Waals surface area contributed by atoms with E-state index in [1.807, 2.05) is 20.8 Å². The number of carbonyl (C=O) groups excluding carboxylic acids is 1. The van der Waals surface area contributed by atoms with E-state index in [2.05, 4.69) is 4.90 Å². The Morgan fingerprint density at radius 1 is 1.12 bits per heavy atom. The molecule has 1 atom stereocenters. The van der Waals surface area contributed by atoms with Crippen LogP contribution in [-0.4, -0.2) is 35.1 Å². The van der Waals surface area contributed by atoms with Gasteiger partial charge in [-0.1, -0.05) is 12.8 Å². The summed E-state index contributed by atoms with van der Waals surface area (Å²) in [5.74, 6) is -0.0121. The molecule has 1 aliphatic heterocycles. The highest BCUT2D eigenvalue weighted by atomic mass is 16.6. The number of rotatable bonds is 2. The van der Waals surface area contributed by atoms with Gasteiger partial charge in [0, 0.05) is 6.04 Å². The highest BCUT2D eigenvalue weighted by Gasteiger charge is 2.38. The van der Waals surface area contributed by atoms with E-state index in [1.165, 1.54) is 25.7 Å². The lowest BCUT2D eigenvalue weighted by molar-refractivity contribution is -0.161. The highest BCUT2D eigenvalue weighted by molar-refractivity contribution is 5.76. The number of ether oxygens (including phenoxy) is 1. The minimum Gasteiger partial charge on any atom is -0.459 e. The molecule has 3 nitrogen and oxygen atoms in total. The predicted molar refractivity (Wildman–Crippen MR) is 67.8 cm³/mol. The predicted octanol–water partition coefficient (Wildman–Crippen LogP) is 2.74. The van der Waals surface area contributed by atoms with Gasteiger partial charge in [-0.25, -0.2) is 0 Å². The SMILES string of the molecule is CC(C)(C)OC(=O)[C@@H]1CCCN1C1CCCC1. The van der Waals surface area contributed by atoms with Gasteiger partial charge in [0.25, 0.3) is 0 Å². The quantitative estimate of drug-likeness (QED) is 0.694. The number of carbonyl (C=O) groups is 1. The van der Waals surface area contributed by atoms with E-state index in [0.717, 1.165) is 19.4 Å². The van der Waals surface area contributed by atoms with E-state index in [0.29, 0.717) is 6.04 Å². The zero-order valence-corrected chi connectivity index (χ0v) is 11.4. The molecule has 0 aromatic heterocycles. The fourth-order valence-electron chi connectivity index (χ4n) is 3.08. The van der Waals surface area contributed by atoms with E-state index < -0.39 is 0 Å². The lowest BCUT2D eigenvalue weighted by atomic mass is 10.1. The number of esters is 1. The van der Waals surface area contributed by atoms with Gasteiger partial charge in [0.1, 0.15) is 11.6 Å². The van der Waals surface area contributed by atoms with Crippen molar-refractivity contribution in [2.75, 3.05) is 6.54 Å². The minimum absolute atomic E-state index is 0.0121. The largest absolute Gasteiger partial charge is 0.459 e. The van der Waals surface area contributed by atoms with Crippen molar-refractivity contribution in [3.8, 4) is 0 Å². The minimum atomic E-state index is -0.360. The molecule has 0 unspecified atom stereocenters. The summed E-state index contributed by atoms with van der Waals surface area (Å²) in [6, 6.07) is 0.660. The van der Waals surface area contributed by atoms with Crippen molar-refractivity contribution in [1.29, 1.82) is 0 Å². The van der Waals surface area contributed by atoms with Crippen LogP contribution in [0.15, 0.2) is 0 Å². The molecule has 0 bridgehead atoms.